The number of aliphatic hydroxyl groups is 1. The van der Waals surface area contributed by atoms with E-state index in [9.17, 15) is 0 Å². The lowest BCUT2D eigenvalue weighted by Crippen LogP contribution is -2.02. The first-order valence-corrected chi connectivity index (χ1v) is 6.34. The Labute approximate surface area is 113 Å². The SMILES string of the molecule is Cc1cc(NCc2cn(CCO)nn2)cnc1Br. The number of anilines is 1. The van der Waals surface area contributed by atoms with E-state index in [2.05, 4.69) is 36.5 Å². The fourth-order valence-corrected chi connectivity index (χ4v) is 1.70. The van der Waals surface area contributed by atoms with E-state index in [0.29, 0.717) is 13.1 Å². The molecule has 0 saturated heterocycles. The summed E-state index contributed by atoms with van der Waals surface area (Å²) in [5.74, 6) is 0. The first-order valence-electron chi connectivity index (χ1n) is 5.55. The fourth-order valence-electron chi connectivity index (χ4n) is 1.48. The number of hydrogen-bond acceptors (Lipinski definition) is 5. The van der Waals surface area contributed by atoms with Crippen LogP contribution in [0.25, 0.3) is 0 Å². The largest absolute Gasteiger partial charge is 0.394 e. The van der Waals surface area contributed by atoms with Crippen molar-refractivity contribution in [3.63, 3.8) is 0 Å². The standard InChI is InChI=1S/C11H14BrN5O/c1-8-4-9(5-14-11(8)12)13-6-10-7-17(2-3-18)16-15-10/h4-5,7,13,18H,2-3,6H2,1H3. The van der Waals surface area contributed by atoms with Gasteiger partial charge in [-0.1, -0.05) is 5.21 Å². The van der Waals surface area contributed by atoms with Crippen molar-refractivity contribution >= 4 is 21.6 Å². The third-order valence-corrected chi connectivity index (χ3v) is 3.23. The lowest BCUT2D eigenvalue weighted by atomic mass is 10.3. The first-order chi connectivity index (χ1) is 8.69. The molecule has 2 N–H and O–H groups in total. The van der Waals surface area contributed by atoms with E-state index in [1.54, 1.807) is 10.9 Å². The summed E-state index contributed by atoms with van der Waals surface area (Å²) in [6.07, 6.45) is 3.57. The summed E-state index contributed by atoms with van der Waals surface area (Å²) in [6, 6.07) is 2.01. The van der Waals surface area contributed by atoms with Crippen molar-refractivity contribution in [1.29, 1.82) is 0 Å². The normalized spacial score (nSPS) is 10.6. The minimum Gasteiger partial charge on any atom is -0.394 e. The van der Waals surface area contributed by atoms with Gasteiger partial charge in [0.05, 0.1) is 37.8 Å². The highest BCUT2D eigenvalue weighted by Crippen LogP contribution is 2.17. The van der Waals surface area contributed by atoms with Crippen LogP contribution < -0.4 is 5.32 Å². The smallest absolute Gasteiger partial charge is 0.109 e. The Morgan fingerprint density at radius 3 is 3.06 bits per heavy atom. The Kier molecular flexibility index (Phi) is 4.27. The molecule has 0 aromatic carbocycles. The number of hydrogen-bond donors (Lipinski definition) is 2. The van der Waals surface area contributed by atoms with E-state index >= 15 is 0 Å². The summed E-state index contributed by atoms with van der Waals surface area (Å²) in [5, 5.41) is 19.9. The molecule has 0 fully saturated rings. The van der Waals surface area contributed by atoms with E-state index in [0.717, 1.165) is 21.5 Å². The van der Waals surface area contributed by atoms with Gasteiger partial charge in [0.15, 0.2) is 0 Å². The van der Waals surface area contributed by atoms with Gasteiger partial charge in [-0.3, -0.25) is 0 Å². The van der Waals surface area contributed by atoms with Gasteiger partial charge in [-0.15, -0.1) is 5.10 Å². The average molecular weight is 312 g/mol. The molecular formula is C11H14BrN5O. The zero-order valence-electron chi connectivity index (χ0n) is 9.97. The van der Waals surface area contributed by atoms with Gasteiger partial charge < -0.3 is 10.4 Å². The topological polar surface area (TPSA) is 75.9 Å². The van der Waals surface area contributed by atoms with Crippen LogP contribution in [0.4, 0.5) is 5.69 Å². The number of aliphatic hydroxyl groups excluding tert-OH is 1. The molecule has 0 aliphatic heterocycles. The summed E-state index contributed by atoms with van der Waals surface area (Å²) < 4.78 is 2.46. The van der Waals surface area contributed by atoms with E-state index in [-0.39, 0.29) is 6.61 Å². The Hall–Kier alpha value is -1.47. The number of rotatable bonds is 5. The summed E-state index contributed by atoms with van der Waals surface area (Å²) in [4.78, 5) is 4.21. The number of aromatic nitrogens is 4. The van der Waals surface area contributed by atoms with Gasteiger partial charge in [0.25, 0.3) is 0 Å². The zero-order valence-corrected chi connectivity index (χ0v) is 11.6. The van der Waals surface area contributed by atoms with Crippen LogP contribution in [0.15, 0.2) is 23.1 Å². The van der Waals surface area contributed by atoms with Gasteiger partial charge in [-0.2, -0.15) is 0 Å². The van der Waals surface area contributed by atoms with Gasteiger partial charge in [0, 0.05) is 0 Å². The third-order valence-electron chi connectivity index (χ3n) is 2.40. The van der Waals surface area contributed by atoms with Crippen molar-refractivity contribution in [1.82, 2.24) is 20.0 Å². The van der Waals surface area contributed by atoms with Gasteiger partial charge in [0.1, 0.15) is 10.3 Å². The van der Waals surface area contributed by atoms with E-state index in [4.69, 9.17) is 5.11 Å². The predicted octanol–water partition coefficient (Wildman–Crippen LogP) is 1.35. The second-order valence-corrected chi connectivity index (χ2v) is 4.63. The van der Waals surface area contributed by atoms with Crippen LogP contribution in [0.5, 0.6) is 0 Å². The summed E-state index contributed by atoms with van der Waals surface area (Å²) in [6.45, 7) is 3.09. The molecule has 2 aromatic rings. The van der Waals surface area contributed by atoms with E-state index in [1.165, 1.54) is 0 Å². The molecule has 18 heavy (non-hydrogen) atoms. The number of nitrogens with zero attached hydrogens (tertiary/aromatic N) is 4. The minimum atomic E-state index is 0.0616. The average Bonchev–Trinajstić information content (AvgIpc) is 2.79. The van der Waals surface area contributed by atoms with Gasteiger partial charge in [-0.05, 0) is 34.5 Å². The van der Waals surface area contributed by atoms with Crippen molar-refractivity contribution in [2.24, 2.45) is 0 Å². The molecule has 0 amide bonds. The molecule has 0 saturated carbocycles. The maximum Gasteiger partial charge on any atom is 0.109 e. The number of halogens is 1. The van der Waals surface area contributed by atoms with Gasteiger partial charge in [-0.25, -0.2) is 9.67 Å². The number of aryl methyl sites for hydroxylation is 1. The molecule has 96 valence electrons. The van der Waals surface area contributed by atoms with Crippen molar-refractivity contribution in [2.75, 3.05) is 11.9 Å². The van der Waals surface area contributed by atoms with Crippen LogP contribution in [-0.2, 0) is 13.1 Å². The Bertz CT molecular complexity index is 528. The molecule has 0 aliphatic rings. The molecule has 0 bridgehead atoms. The predicted molar refractivity (Wildman–Crippen MR) is 71.1 cm³/mol. The fraction of sp³-hybridized carbons (Fsp3) is 0.364. The molecule has 6 nitrogen and oxygen atoms in total. The Morgan fingerprint density at radius 1 is 1.50 bits per heavy atom. The van der Waals surface area contributed by atoms with Crippen molar-refractivity contribution in [2.45, 2.75) is 20.0 Å². The molecular weight excluding hydrogens is 298 g/mol. The Balaban J connectivity index is 1.95. The van der Waals surface area contributed by atoms with Gasteiger partial charge >= 0.3 is 0 Å². The van der Waals surface area contributed by atoms with E-state index < -0.39 is 0 Å². The third kappa shape index (κ3) is 3.27. The Morgan fingerprint density at radius 2 is 2.33 bits per heavy atom. The molecule has 2 rings (SSSR count). The van der Waals surface area contributed by atoms with Crippen LogP contribution in [0, 0.1) is 6.92 Å². The molecule has 0 aliphatic carbocycles. The molecule has 0 atom stereocenters. The second-order valence-electron chi connectivity index (χ2n) is 3.88. The molecule has 0 unspecified atom stereocenters. The molecule has 2 aromatic heterocycles. The summed E-state index contributed by atoms with van der Waals surface area (Å²) in [5.41, 5.74) is 2.83. The molecule has 7 heteroatoms. The van der Waals surface area contributed by atoms with Crippen LogP contribution >= 0.6 is 15.9 Å². The molecule has 0 spiro atoms. The monoisotopic (exact) mass is 311 g/mol. The summed E-state index contributed by atoms with van der Waals surface area (Å²) in [7, 11) is 0. The number of pyridine rings is 1. The highest BCUT2D eigenvalue weighted by Gasteiger charge is 2.02. The number of nitrogens with one attached hydrogen (secondary N) is 1. The van der Waals surface area contributed by atoms with Crippen LogP contribution in [-0.4, -0.2) is 31.7 Å². The van der Waals surface area contributed by atoms with E-state index in [1.807, 2.05) is 19.2 Å². The second kappa shape index (κ2) is 5.92. The van der Waals surface area contributed by atoms with Crippen LogP contribution in [0.3, 0.4) is 0 Å². The van der Waals surface area contributed by atoms with Crippen molar-refractivity contribution in [3.05, 3.63) is 34.3 Å². The highest BCUT2D eigenvalue weighted by molar-refractivity contribution is 9.10. The molecule has 2 heterocycles. The molecule has 0 radical (unpaired) electrons. The minimum absolute atomic E-state index is 0.0616. The lowest BCUT2D eigenvalue weighted by molar-refractivity contribution is 0.268. The summed E-state index contributed by atoms with van der Waals surface area (Å²) >= 11 is 3.36. The van der Waals surface area contributed by atoms with Gasteiger partial charge in [0.2, 0.25) is 0 Å². The maximum atomic E-state index is 8.78. The van der Waals surface area contributed by atoms with Crippen LogP contribution in [0.2, 0.25) is 0 Å². The zero-order chi connectivity index (χ0) is 13.0. The first kappa shape index (κ1) is 13.0. The van der Waals surface area contributed by atoms with Crippen LogP contribution in [0.1, 0.15) is 11.3 Å². The maximum absolute atomic E-state index is 8.78. The van der Waals surface area contributed by atoms with Crippen molar-refractivity contribution < 1.29 is 5.11 Å². The quantitative estimate of drug-likeness (QED) is 0.815. The highest BCUT2D eigenvalue weighted by atomic mass is 79.9. The lowest BCUT2D eigenvalue weighted by Gasteiger charge is -2.05. The van der Waals surface area contributed by atoms with Crippen molar-refractivity contribution in [3.8, 4) is 0 Å².